The highest BCUT2D eigenvalue weighted by molar-refractivity contribution is 9.10. The van der Waals surface area contributed by atoms with Crippen LogP contribution in [0.2, 0.25) is 0 Å². The Balaban J connectivity index is 2.22. The highest BCUT2D eigenvalue weighted by atomic mass is 79.9. The maximum Gasteiger partial charge on any atom is 0.287 e. The van der Waals surface area contributed by atoms with Crippen molar-refractivity contribution in [2.24, 2.45) is 0 Å². The van der Waals surface area contributed by atoms with Crippen LogP contribution in [0.15, 0.2) is 20.0 Å². The summed E-state index contributed by atoms with van der Waals surface area (Å²) in [5, 5.41) is 2.81. The Morgan fingerprint density at radius 2 is 2.17 bits per heavy atom. The van der Waals surface area contributed by atoms with Gasteiger partial charge in [-0.3, -0.25) is 4.79 Å². The summed E-state index contributed by atoms with van der Waals surface area (Å²) in [6.07, 6.45) is 2.88. The second-order valence-electron chi connectivity index (χ2n) is 4.55. The van der Waals surface area contributed by atoms with E-state index in [0.717, 1.165) is 25.3 Å². The Hall–Kier alpha value is -0.530. The summed E-state index contributed by atoms with van der Waals surface area (Å²) >= 11 is 2.92. The summed E-state index contributed by atoms with van der Waals surface area (Å²) in [4.78, 5) is 11.6. The lowest BCUT2D eigenvalue weighted by atomic mass is 9.78. The maximum atomic E-state index is 11.9. The number of amides is 1. The van der Waals surface area contributed by atoms with Crippen molar-refractivity contribution < 1.29 is 17.6 Å². The van der Waals surface area contributed by atoms with Gasteiger partial charge >= 0.3 is 0 Å². The van der Waals surface area contributed by atoms with Gasteiger partial charge in [0.25, 0.3) is 15.0 Å². The molecular weight excluding hydrogens is 346 g/mol. The van der Waals surface area contributed by atoms with Gasteiger partial charge in [-0.1, -0.05) is 0 Å². The molecule has 0 aliphatic heterocycles. The van der Waals surface area contributed by atoms with Gasteiger partial charge in [0.2, 0.25) is 0 Å². The predicted molar refractivity (Wildman–Crippen MR) is 69.2 cm³/mol. The molecule has 0 aromatic carbocycles. The quantitative estimate of drug-likeness (QED) is 0.845. The van der Waals surface area contributed by atoms with Crippen molar-refractivity contribution in [2.45, 2.75) is 36.6 Å². The van der Waals surface area contributed by atoms with E-state index >= 15 is 0 Å². The van der Waals surface area contributed by atoms with Crippen molar-refractivity contribution in [2.75, 3.05) is 0 Å². The molecule has 1 saturated carbocycles. The van der Waals surface area contributed by atoms with Gasteiger partial charge in [-0.2, -0.15) is 0 Å². The van der Waals surface area contributed by atoms with Gasteiger partial charge in [0.1, 0.15) is 4.90 Å². The second kappa shape index (κ2) is 4.54. The molecule has 1 fully saturated rings. The van der Waals surface area contributed by atoms with Crippen LogP contribution in [0, 0.1) is 0 Å². The molecule has 0 atom stereocenters. The molecule has 5 nitrogen and oxygen atoms in total. The van der Waals surface area contributed by atoms with Gasteiger partial charge in [0.15, 0.2) is 10.4 Å². The summed E-state index contributed by atoms with van der Waals surface area (Å²) in [7, 11) is 1.27. The molecular formula is C10H11BrClNO4S. The van der Waals surface area contributed by atoms with Gasteiger partial charge in [-0.05, 0) is 42.1 Å². The minimum Gasteiger partial charge on any atom is -0.443 e. The molecule has 2 rings (SSSR count). The molecule has 1 N–H and O–H groups in total. The van der Waals surface area contributed by atoms with Gasteiger partial charge in [-0.15, -0.1) is 0 Å². The van der Waals surface area contributed by atoms with Gasteiger partial charge in [-0.25, -0.2) is 8.42 Å². The van der Waals surface area contributed by atoms with E-state index in [-0.39, 0.29) is 20.9 Å². The largest absolute Gasteiger partial charge is 0.443 e. The molecule has 100 valence electrons. The summed E-state index contributed by atoms with van der Waals surface area (Å²) in [5.41, 5.74) is -0.226. The SMILES string of the molecule is CC1(NC(=O)c2cc(S(=O)(=O)Cl)c(Br)o2)CCC1. The zero-order valence-electron chi connectivity index (χ0n) is 9.50. The first kappa shape index (κ1) is 13.9. The van der Waals surface area contributed by atoms with E-state index in [9.17, 15) is 13.2 Å². The Bertz CT molecular complexity index is 591. The fraction of sp³-hybridized carbons (Fsp3) is 0.500. The fourth-order valence-corrected chi connectivity index (χ4v) is 3.83. The molecule has 1 amide bonds. The number of rotatable bonds is 3. The minimum absolute atomic E-state index is 0.0681. The molecule has 18 heavy (non-hydrogen) atoms. The lowest BCUT2D eigenvalue weighted by Gasteiger charge is -2.38. The average Bonchev–Trinajstić information content (AvgIpc) is 2.57. The van der Waals surface area contributed by atoms with Crippen LogP contribution in [0.25, 0.3) is 0 Å². The highest BCUT2D eigenvalue weighted by Gasteiger charge is 2.34. The first-order chi connectivity index (χ1) is 8.21. The molecule has 0 unspecified atom stereocenters. The van der Waals surface area contributed by atoms with Crippen molar-refractivity contribution in [3.63, 3.8) is 0 Å². The van der Waals surface area contributed by atoms with Crippen LogP contribution >= 0.6 is 26.6 Å². The van der Waals surface area contributed by atoms with E-state index in [4.69, 9.17) is 15.1 Å². The molecule has 0 spiro atoms. The highest BCUT2D eigenvalue weighted by Crippen LogP contribution is 2.32. The lowest BCUT2D eigenvalue weighted by Crippen LogP contribution is -2.50. The van der Waals surface area contributed by atoms with Crippen molar-refractivity contribution in [1.82, 2.24) is 5.32 Å². The van der Waals surface area contributed by atoms with E-state index in [2.05, 4.69) is 21.2 Å². The molecule has 8 heteroatoms. The smallest absolute Gasteiger partial charge is 0.287 e. The number of carbonyl (C=O) groups excluding carboxylic acids is 1. The number of hydrogen-bond acceptors (Lipinski definition) is 4. The normalized spacial score (nSPS) is 18.2. The molecule has 0 radical (unpaired) electrons. The molecule has 1 aliphatic rings. The van der Waals surface area contributed by atoms with E-state index in [1.54, 1.807) is 0 Å². The Kier molecular flexibility index (Phi) is 3.50. The number of carbonyl (C=O) groups is 1. The van der Waals surface area contributed by atoms with Crippen LogP contribution in [0.3, 0.4) is 0 Å². The first-order valence-electron chi connectivity index (χ1n) is 5.28. The number of hydrogen-bond donors (Lipinski definition) is 1. The molecule has 1 aromatic heterocycles. The summed E-state index contributed by atoms with van der Waals surface area (Å²) in [5.74, 6) is -0.515. The molecule has 0 saturated heterocycles. The molecule has 0 bridgehead atoms. The lowest BCUT2D eigenvalue weighted by molar-refractivity contribution is 0.0820. The third-order valence-corrected chi connectivity index (χ3v) is 5.19. The van der Waals surface area contributed by atoms with E-state index in [1.165, 1.54) is 0 Å². The maximum absolute atomic E-state index is 11.9. The summed E-state index contributed by atoms with van der Waals surface area (Å²) in [6, 6.07) is 1.11. The number of nitrogens with one attached hydrogen (secondary N) is 1. The van der Waals surface area contributed by atoms with Crippen LogP contribution in [-0.2, 0) is 9.05 Å². The third kappa shape index (κ3) is 2.73. The zero-order chi connectivity index (χ0) is 13.6. The Morgan fingerprint density at radius 1 is 1.56 bits per heavy atom. The number of furan rings is 1. The molecule has 1 heterocycles. The standard InChI is InChI=1S/C10H11BrClNO4S/c1-10(3-2-4-10)13-9(14)6-5-7(8(11)17-6)18(12,15)16/h5H,2-4H2,1H3,(H,13,14). The van der Waals surface area contributed by atoms with Crippen LogP contribution in [0.5, 0.6) is 0 Å². The Morgan fingerprint density at radius 3 is 2.56 bits per heavy atom. The average molecular weight is 357 g/mol. The van der Waals surface area contributed by atoms with E-state index in [1.807, 2.05) is 6.92 Å². The topological polar surface area (TPSA) is 76.4 Å². The van der Waals surface area contributed by atoms with Gasteiger partial charge in [0.05, 0.1) is 0 Å². The second-order valence-corrected chi connectivity index (χ2v) is 7.81. The number of halogens is 2. The minimum atomic E-state index is -3.93. The van der Waals surface area contributed by atoms with Crippen LogP contribution < -0.4 is 5.32 Å². The van der Waals surface area contributed by atoms with Crippen LogP contribution in [0.1, 0.15) is 36.7 Å². The summed E-state index contributed by atoms with van der Waals surface area (Å²) < 4.78 is 27.4. The van der Waals surface area contributed by atoms with E-state index < -0.39 is 15.0 Å². The predicted octanol–water partition coefficient (Wildman–Crippen LogP) is 2.64. The fourth-order valence-electron chi connectivity index (χ4n) is 1.80. The monoisotopic (exact) mass is 355 g/mol. The Labute approximate surface area is 117 Å². The van der Waals surface area contributed by atoms with Crippen molar-refractivity contribution in [3.8, 4) is 0 Å². The third-order valence-electron chi connectivity index (χ3n) is 3.01. The van der Waals surface area contributed by atoms with Gasteiger partial charge < -0.3 is 9.73 Å². The van der Waals surface area contributed by atoms with Crippen molar-refractivity contribution in [1.29, 1.82) is 0 Å². The van der Waals surface area contributed by atoms with E-state index in [0.29, 0.717) is 0 Å². The molecule has 1 aromatic rings. The molecule has 1 aliphatic carbocycles. The summed E-state index contributed by atoms with van der Waals surface area (Å²) in [6.45, 7) is 1.94. The zero-order valence-corrected chi connectivity index (χ0v) is 12.7. The van der Waals surface area contributed by atoms with Crippen LogP contribution in [-0.4, -0.2) is 19.9 Å². The van der Waals surface area contributed by atoms with Crippen molar-refractivity contribution >= 4 is 41.6 Å². The van der Waals surface area contributed by atoms with Crippen LogP contribution in [0.4, 0.5) is 0 Å². The van der Waals surface area contributed by atoms with Gasteiger partial charge in [0, 0.05) is 22.3 Å². The van der Waals surface area contributed by atoms with Crippen molar-refractivity contribution in [3.05, 3.63) is 16.5 Å². The first-order valence-corrected chi connectivity index (χ1v) is 8.38.